The summed E-state index contributed by atoms with van der Waals surface area (Å²) in [5.74, 6) is 0.0643. The minimum absolute atomic E-state index is 0.0643. The number of hydrogen-bond acceptors (Lipinski definition) is 3. The number of nitrogens with one attached hydrogen (secondary N) is 1. The lowest BCUT2D eigenvalue weighted by atomic mass is 10.1. The zero-order chi connectivity index (χ0) is 9.80. The number of amides is 1. The average molecular weight is 199 g/mol. The number of hydrogen-bond donors (Lipinski definition) is 1. The van der Waals surface area contributed by atoms with Crippen molar-refractivity contribution in [2.45, 2.75) is 37.8 Å². The molecule has 4 nitrogen and oxygen atoms in total. The molecule has 0 bridgehead atoms. The zero-order valence-electron chi connectivity index (χ0n) is 8.33. The van der Waals surface area contributed by atoms with Crippen LogP contribution >= 0.6 is 0 Å². The van der Waals surface area contributed by atoms with E-state index in [-0.39, 0.29) is 12.0 Å². The number of carbonyl (C=O) groups is 1. The van der Waals surface area contributed by atoms with Crippen LogP contribution in [0.15, 0.2) is 0 Å². The van der Waals surface area contributed by atoms with Crippen LogP contribution < -0.4 is 5.32 Å². The van der Waals surface area contributed by atoms with Gasteiger partial charge in [-0.05, 0) is 25.7 Å². The summed E-state index contributed by atoms with van der Waals surface area (Å²) in [5.41, 5.74) is 0. The molecule has 4 heteroatoms. The number of rotatable bonds is 2. The summed E-state index contributed by atoms with van der Waals surface area (Å²) in [6.07, 6.45) is 3.54. The largest absolute Gasteiger partial charge is 0.381 e. The minimum Gasteiger partial charge on any atom is -0.381 e. The highest BCUT2D eigenvalue weighted by Crippen LogP contribution is 2.13. The van der Waals surface area contributed by atoms with Gasteiger partial charge in [0.1, 0.15) is 6.10 Å². The van der Waals surface area contributed by atoms with E-state index in [0.717, 1.165) is 45.5 Å². The van der Waals surface area contributed by atoms with Crippen molar-refractivity contribution in [1.82, 2.24) is 5.32 Å². The minimum atomic E-state index is -0.196. The summed E-state index contributed by atoms with van der Waals surface area (Å²) >= 11 is 0. The lowest BCUT2D eigenvalue weighted by Crippen LogP contribution is -2.43. The smallest absolute Gasteiger partial charge is 0.249 e. The molecule has 0 aromatic heterocycles. The second kappa shape index (κ2) is 4.75. The van der Waals surface area contributed by atoms with Crippen LogP contribution in [0.4, 0.5) is 0 Å². The van der Waals surface area contributed by atoms with Crippen LogP contribution in [-0.2, 0) is 14.3 Å². The molecule has 2 heterocycles. The van der Waals surface area contributed by atoms with E-state index < -0.39 is 0 Å². The Labute approximate surface area is 84.0 Å². The lowest BCUT2D eigenvalue weighted by Gasteiger charge is -2.24. The van der Waals surface area contributed by atoms with E-state index in [1.165, 1.54) is 0 Å². The third-order valence-electron chi connectivity index (χ3n) is 2.79. The molecular formula is C10H17NO3. The molecule has 14 heavy (non-hydrogen) atoms. The zero-order valence-corrected chi connectivity index (χ0v) is 8.33. The highest BCUT2D eigenvalue weighted by Gasteiger charge is 2.26. The van der Waals surface area contributed by atoms with Gasteiger partial charge in [0.2, 0.25) is 5.91 Å². The van der Waals surface area contributed by atoms with E-state index in [9.17, 15) is 4.79 Å². The van der Waals surface area contributed by atoms with Crippen LogP contribution in [0, 0.1) is 0 Å². The van der Waals surface area contributed by atoms with E-state index in [2.05, 4.69) is 5.32 Å². The van der Waals surface area contributed by atoms with Crippen LogP contribution in [0.25, 0.3) is 0 Å². The fraction of sp³-hybridized carbons (Fsp3) is 0.900. The Balaban J connectivity index is 1.75. The molecule has 1 N–H and O–H groups in total. The maximum absolute atomic E-state index is 11.6. The van der Waals surface area contributed by atoms with Gasteiger partial charge in [-0.25, -0.2) is 0 Å². The summed E-state index contributed by atoms with van der Waals surface area (Å²) in [4.78, 5) is 11.6. The van der Waals surface area contributed by atoms with Crippen LogP contribution in [-0.4, -0.2) is 37.9 Å². The molecule has 2 saturated heterocycles. The second-order valence-corrected chi connectivity index (χ2v) is 3.90. The Kier molecular flexibility index (Phi) is 3.37. The van der Waals surface area contributed by atoms with Gasteiger partial charge in [-0.15, -0.1) is 0 Å². The predicted molar refractivity (Wildman–Crippen MR) is 51.0 cm³/mol. The van der Waals surface area contributed by atoms with Crippen LogP contribution in [0.5, 0.6) is 0 Å². The standard InChI is InChI=1S/C10H17NO3/c12-10(9-2-1-5-14-9)11-8-3-6-13-7-4-8/h8-9H,1-7H2,(H,11,12). The topological polar surface area (TPSA) is 47.6 Å². The van der Waals surface area contributed by atoms with Crippen molar-refractivity contribution in [1.29, 1.82) is 0 Å². The monoisotopic (exact) mass is 199 g/mol. The van der Waals surface area contributed by atoms with Crippen molar-refractivity contribution in [3.63, 3.8) is 0 Å². The third kappa shape index (κ3) is 2.45. The summed E-state index contributed by atoms with van der Waals surface area (Å²) < 4.78 is 10.5. The van der Waals surface area contributed by atoms with E-state index in [1.807, 2.05) is 0 Å². The first kappa shape index (κ1) is 9.93. The molecule has 0 aliphatic carbocycles. The first-order valence-electron chi connectivity index (χ1n) is 5.36. The lowest BCUT2D eigenvalue weighted by molar-refractivity contribution is -0.131. The van der Waals surface area contributed by atoms with Gasteiger partial charge in [-0.2, -0.15) is 0 Å². The molecule has 0 spiro atoms. The van der Waals surface area contributed by atoms with E-state index >= 15 is 0 Å². The van der Waals surface area contributed by atoms with Crippen molar-refractivity contribution in [3.8, 4) is 0 Å². The molecule has 0 aromatic rings. The third-order valence-corrected chi connectivity index (χ3v) is 2.79. The molecule has 0 saturated carbocycles. The Hall–Kier alpha value is -0.610. The van der Waals surface area contributed by atoms with Crippen molar-refractivity contribution < 1.29 is 14.3 Å². The van der Waals surface area contributed by atoms with Gasteiger partial charge >= 0.3 is 0 Å². The van der Waals surface area contributed by atoms with Crippen molar-refractivity contribution in [2.75, 3.05) is 19.8 Å². The first-order valence-corrected chi connectivity index (χ1v) is 5.36. The van der Waals surface area contributed by atoms with Gasteiger partial charge in [0.05, 0.1) is 0 Å². The fourth-order valence-electron chi connectivity index (χ4n) is 1.92. The van der Waals surface area contributed by atoms with Crippen molar-refractivity contribution in [2.24, 2.45) is 0 Å². The molecule has 2 rings (SSSR count). The SMILES string of the molecule is O=C(NC1CCOCC1)C1CCCO1. The molecule has 2 aliphatic rings. The molecule has 80 valence electrons. The van der Waals surface area contributed by atoms with Crippen molar-refractivity contribution in [3.05, 3.63) is 0 Å². The molecular weight excluding hydrogens is 182 g/mol. The number of ether oxygens (including phenoxy) is 2. The van der Waals surface area contributed by atoms with Gasteiger partial charge in [0.25, 0.3) is 0 Å². The summed E-state index contributed by atoms with van der Waals surface area (Å²) in [6.45, 7) is 2.25. The Morgan fingerprint density at radius 2 is 1.93 bits per heavy atom. The maximum Gasteiger partial charge on any atom is 0.249 e. The molecule has 2 fully saturated rings. The van der Waals surface area contributed by atoms with Crippen LogP contribution in [0.3, 0.4) is 0 Å². The first-order chi connectivity index (χ1) is 6.86. The summed E-state index contributed by atoms with van der Waals surface area (Å²) in [7, 11) is 0. The number of carbonyl (C=O) groups excluding carboxylic acids is 1. The van der Waals surface area contributed by atoms with Gasteiger partial charge in [-0.1, -0.05) is 0 Å². The van der Waals surface area contributed by atoms with Crippen LogP contribution in [0.2, 0.25) is 0 Å². The fourth-order valence-corrected chi connectivity index (χ4v) is 1.92. The molecule has 1 unspecified atom stereocenters. The Morgan fingerprint density at radius 3 is 2.57 bits per heavy atom. The van der Waals surface area contributed by atoms with E-state index in [0.29, 0.717) is 6.04 Å². The second-order valence-electron chi connectivity index (χ2n) is 3.90. The Morgan fingerprint density at radius 1 is 1.14 bits per heavy atom. The highest BCUT2D eigenvalue weighted by molar-refractivity contribution is 5.81. The normalized spacial score (nSPS) is 29.0. The molecule has 1 atom stereocenters. The highest BCUT2D eigenvalue weighted by atomic mass is 16.5. The van der Waals surface area contributed by atoms with Crippen LogP contribution in [0.1, 0.15) is 25.7 Å². The molecule has 0 aromatic carbocycles. The average Bonchev–Trinajstić information content (AvgIpc) is 2.72. The van der Waals surface area contributed by atoms with Gasteiger partial charge < -0.3 is 14.8 Å². The molecule has 0 radical (unpaired) electrons. The summed E-state index contributed by atoms with van der Waals surface area (Å²) in [5, 5.41) is 3.02. The maximum atomic E-state index is 11.6. The summed E-state index contributed by atoms with van der Waals surface area (Å²) in [6, 6.07) is 0.292. The Bertz CT molecular complexity index is 196. The molecule has 1 amide bonds. The van der Waals surface area contributed by atoms with E-state index in [4.69, 9.17) is 9.47 Å². The van der Waals surface area contributed by atoms with Gasteiger partial charge in [0, 0.05) is 25.9 Å². The predicted octanol–water partition coefficient (Wildman–Crippen LogP) is 0.461. The molecule has 2 aliphatic heterocycles. The van der Waals surface area contributed by atoms with Gasteiger partial charge in [-0.3, -0.25) is 4.79 Å². The van der Waals surface area contributed by atoms with Crippen molar-refractivity contribution >= 4 is 5.91 Å². The van der Waals surface area contributed by atoms with Gasteiger partial charge in [0.15, 0.2) is 0 Å². The quantitative estimate of drug-likeness (QED) is 0.703. The van der Waals surface area contributed by atoms with E-state index in [1.54, 1.807) is 0 Å².